The summed E-state index contributed by atoms with van der Waals surface area (Å²) >= 11 is 7.37. The fraction of sp³-hybridized carbons (Fsp3) is 0.643. The van der Waals surface area contributed by atoms with Gasteiger partial charge in [0.25, 0.3) is 0 Å². The molecule has 1 aromatic rings. The second-order valence-electron chi connectivity index (χ2n) is 5.44. The third-order valence-electron chi connectivity index (χ3n) is 3.83. The topological polar surface area (TPSA) is 57.7 Å². The molecule has 0 aromatic carbocycles. The van der Waals surface area contributed by atoms with Crippen LogP contribution in [0.5, 0.6) is 0 Å². The van der Waals surface area contributed by atoms with Gasteiger partial charge in [-0.3, -0.25) is 4.79 Å². The number of rotatable bonds is 5. The van der Waals surface area contributed by atoms with E-state index < -0.39 is 16.1 Å². The zero-order valence-electron chi connectivity index (χ0n) is 12.8. The van der Waals surface area contributed by atoms with Crippen LogP contribution in [0, 0.1) is 0 Å². The van der Waals surface area contributed by atoms with Gasteiger partial charge in [0, 0.05) is 18.0 Å². The van der Waals surface area contributed by atoms with Crippen molar-refractivity contribution in [3.63, 3.8) is 0 Å². The van der Waals surface area contributed by atoms with Gasteiger partial charge in [-0.1, -0.05) is 18.0 Å². The summed E-state index contributed by atoms with van der Waals surface area (Å²) in [5.74, 6) is -0.114. The molecule has 0 bridgehead atoms. The van der Waals surface area contributed by atoms with Gasteiger partial charge < -0.3 is 4.90 Å². The van der Waals surface area contributed by atoms with Crippen molar-refractivity contribution < 1.29 is 13.2 Å². The van der Waals surface area contributed by atoms with Crippen LogP contribution in [-0.4, -0.2) is 48.9 Å². The molecule has 1 aromatic heterocycles. The van der Waals surface area contributed by atoms with Crippen molar-refractivity contribution in [2.75, 3.05) is 19.3 Å². The molecule has 1 amide bonds. The molecule has 0 saturated carbocycles. The molecule has 0 radical (unpaired) electrons. The van der Waals surface area contributed by atoms with Gasteiger partial charge in [-0.2, -0.15) is 4.31 Å². The first-order valence-electron chi connectivity index (χ1n) is 7.32. The minimum absolute atomic E-state index is 0.114. The van der Waals surface area contributed by atoms with Gasteiger partial charge in [-0.25, -0.2) is 8.42 Å². The highest BCUT2D eigenvalue weighted by molar-refractivity contribution is 7.88. The molecule has 1 saturated heterocycles. The van der Waals surface area contributed by atoms with Crippen LogP contribution in [0.15, 0.2) is 12.1 Å². The van der Waals surface area contributed by atoms with E-state index in [1.807, 2.05) is 19.1 Å². The van der Waals surface area contributed by atoms with Gasteiger partial charge in [-0.05, 0) is 31.9 Å². The van der Waals surface area contributed by atoms with Crippen LogP contribution < -0.4 is 0 Å². The number of thiophene rings is 1. The maximum atomic E-state index is 12.8. The fourth-order valence-corrected chi connectivity index (χ4v) is 4.95. The highest BCUT2D eigenvalue weighted by atomic mass is 35.5. The molecule has 1 fully saturated rings. The first kappa shape index (κ1) is 17.7. The normalized spacial score (nSPS) is 20.0. The largest absolute Gasteiger partial charge is 0.336 e. The van der Waals surface area contributed by atoms with Crippen LogP contribution in [-0.2, 0) is 21.4 Å². The summed E-state index contributed by atoms with van der Waals surface area (Å²) in [5, 5.41) is 0. The number of hydrogen-bond acceptors (Lipinski definition) is 4. The predicted octanol–water partition coefficient (Wildman–Crippen LogP) is 2.56. The highest BCUT2D eigenvalue weighted by Crippen LogP contribution is 2.25. The molecular weight excluding hydrogens is 344 g/mol. The molecule has 1 atom stereocenters. The lowest BCUT2D eigenvalue weighted by Gasteiger charge is -2.35. The zero-order valence-corrected chi connectivity index (χ0v) is 15.2. The van der Waals surface area contributed by atoms with Gasteiger partial charge in [0.2, 0.25) is 15.9 Å². The summed E-state index contributed by atoms with van der Waals surface area (Å²) in [5.41, 5.74) is 0. The maximum Gasteiger partial charge on any atom is 0.241 e. The Kier molecular flexibility index (Phi) is 5.87. The van der Waals surface area contributed by atoms with E-state index in [1.54, 1.807) is 4.90 Å². The number of carbonyl (C=O) groups excluding carboxylic acids is 1. The molecule has 1 aliphatic rings. The van der Waals surface area contributed by atoms with Crippen LogP contribution in [0.25, 0.3) is 0 Å². The Labute approximate surface area is 140 Å². The number of piperidine rings is 1. The van der Waals surface area contributed by atoms with E-state index in [2.05, 4.69) is 0 Å². The van der Waals surface area contributed by atoms with Crippen molar-refractivity contribution in [3.05, 3.63) is 21.3 Å². The molecule has 124 valence electrons. The molecule has 2 rings (SSSR count). The molecule has 0 N–H and O–H groups in total. The van der Waals surface area contributed by atoms with E-state index in [1.165, 1.54) is 21.9 Å². The van der Waals surface area contributed by atoms with Crippen molar-refractivity contribution >= 4 is 38.9 Å². The minimum atomic E-state index is -3.36. The predicted molar refractivity (Wildman–Crippen MR) is 89.6 cm³/mol. The van der Waals surface area contributed by atoms with Gasteiger partial charge in [0.1, 0.15) is 6.04 Å². The third-order valence-corrected chi connectivity index (χ3v) is 6.34. The molecule has 0 spiro atoms. The smallest absolute Gasteiger partial charge is 0.241 e. The summed E-state index contributed by atoms with van der Waals surface area (Å²) in [6, 6.07) is 3.14. The van der Waals surface area contributed by atoms with Gasteiger partial charge in [-0.15, -0.1) is 11.3 Å². The summed E-state index contributed by atoms with van der Waals surface area (Å²) in [6.07, 6.45) is 3.45. The Balaban J connectivity index is 2.15. The number of amides is 1. The van der Waals surface area contributed by atoms with Gasteiger partial charge in [0.05, 0.1) is 17.1 Å². The lowest BCUT2D eigenvalue weighted by Crippen LogP contribution is -2.52. The van der Waals surface area contributed by atoms with E-state index in [-0.39, 0.29) is 5.91 Å². The molecule has 1 aliphatic heterocycles. The Hall–Kier alpha value is -0.630. The highest BCUT2D eigenvalue weighted by Gasteiger charge is 2.36. The first-order valence-corrected chi connectivity index (χ1v) is 10.4. The molecule has 2 heterocycles. The Morgan fingerprint density at radius 1 is 1.45 bits per heavy atom. The maximum absolute atomic E-state index is 12.8. The molecule has 0 aliphatic carbocycles. The number of likely N-dealkylation sites (N-methyl/N-ethyl adjacent to an activating group) is 1. The summed E-state index contributed by atoms with van der Waals surface area (Å²) < 4.78 is 25.9. The average molecular weight is 365 g/mol. The average Bonchev–Trinajstić information content (AvgIpc) is 2.88. The summed E-state index contributed by atoms with van der Waals surface area (Å²) in [7, 11) is -3.36. The van der Waals surface area contributed by atoms with Crippen molar-refractivity contribution in [3.8, 4) is 0 Å². The third kappa shape index (κ3) is 4.22. The van der Waals surface area contributed by atoms with Crippen molar-refractivity contribution in [1.29, 1.82) is 0 Å². The van der Waals surface area contributed by atoms with E-state index in [0.717, 1.165) is 17.7 Å². The van der Waals surface area contributed by atoms with Crippen molar-refractivity contribution in [2.45, 2.75) is 38.8 Å². The van der Waals surface area contributed by atoms with Crippen molar-refractivity contribution in [2.24, 2.45) is 0 Å². The molecule has 22 heavy (non-hydrogen) atoms. The fourth-order valence-electron chi connectivity index (χ4n) is 2.73. The molecule has 5 nitrogen and oxygen atoms in total. The van der Waals surface area contributed by atoms with Crippen molar-refractivity contribution in [1.82, 2.24) is 9.21 Å². The first-order chi connectivity index (χ1) is 10.3. The van der Waals surface area contributed by atoms with Crippen LogP contribution in [0.2, 0.25) is 4.34 Å². The van der Waals surface area contributed by atoms with Crippen LogP contribution >= 0.6 is 22.9 Å². The van der Waals surface area contributed by atoms with Crippen LogP contribution in [0.4, 0.5) is 0 Å². The lowest BCUT2D eigenvalue weighted by molar-refractivity contribution is -0.136. The quantitative estimate of drug-likeness (QED) is 0.806. The number of carbonyl (C=O) groups is 1. The SMILES string of the molecule is CCN(Cc1ccc(Cl)s1)C(=O)C1CCCCN1S(C)(=O)=O. The minimum Gasteiger partial charge on any atom is -0.336 e. The Morgan fingerprint density at radius 2 is 2.18 bits per heavy atom. The van der Waals surface area contributed by atoms with E-state index in [0.29, 0.717) is 30.4 Å². The molecule has 1 unspecified atom stereocenters. The monoisotopic (exact) mass is 364 g/mol. The molecule has 8 heteroatoms. The second-order valence-corrected chi connectivity index (χ2v) is 9.18. The zero-order chi connectivity index (χ0) is 16.3. The number of sulfonamides is 1. The van der Waals surface area contributed by atoms with Gasteiger partial charge in [0.15, 0.2) is 0 Å². The number of nitrogens with zero attached hydrogens (tertiary/aromatic N) is 2. The summed E-state index contributed by atoms with van der Waals surface area (Å²) in [6.45, 7) is 3.35. The van der Waals surface area contributed by atoms with E-state index >= 15 is 0 Å². The molecular formula is C14H21ClN2O3S2. The van der Waals surface area contributed by atoms with Crippen LogP contribution in [0.1, 0.15) is 31.1 Å². The van der Waals surface area contributed by atoms with E-state index in [9.17, 15) is 13.2 Å². The standard InChI is InChI=1S/C14H21ClN2O3S2/c1-3-16(10-11-7-8-13(15)21-11)14(18)12-6-4-5-9-17(12)22(2,19)20/h7-8,12H,3-6,9-10H2,1-2H3. The summed E-state index contributed by atoms with van der Waals surface area (Å²) in [4.78, 5) is 15.5. The van der Waals surface area contributed by atoms with E-state index in [4.69, 9.17) is 11.6 Å². The number of hydrogen-bond donors (Lipinski definition) is 0. The lowest BCUT2D eigenvalue weighted by atomic mass is 10.0. The Morgan fingerprint density at radius 3 is 2.73 bits per heavy atom. The Bertz CT molecular complexity index is 630. The second kappa shape index (κ2) is 7.29. The number of halogens is 1. The van der Waals surface area contributed by atoms with Gasteiger partial charge >= 0.3 is 0 Å². The van der Waals surface area contributed by atoms with Crippen LogP contribution in [0.3, 0.4) is 0 Å².